The zero-order valence-corrected chi connectivity index (χ0v) is 26.7. The highest BCUT2D eigenvalue weighted by atomic mass is 35.5. The van der Waals surface area contributed by atoms with Crippen LogP contribution in [0, 0.1) is 5.82 Å². The third kappa shape index (κ3) is 9.08. The highest BCUT2D eigenvalue weighted by Gasteiger charge is 2.33. The number of ether oxygens (including phenoxy) is 1. The van der Waals surface area contributed by atoms with Crippen LogP contribution in [0.25, 0.3) is 0 Å². The maximum absolute atomic E-state index is 14.1. The van der Waals surface area contributed by atoms with Crippen molar-refractivity contribution in [1.29, 1.82) is 0 Å². The number of unbranched alkanes of at least 4 members (excludes halogenated alkanes) is 1. The Morgan fingerprint density at radius 3 is 2.21 bits per heavy atom. The van der Waals surface area contributed by atoms with Gasteiger partial charge < -0.3 is 15.0 Å². The van der Waals surface area contributed by atoms with Gasteiger partial charge >= 0.3 is 0 Å². The third-order valence-electron chi connectivity index (χ3n) is 6.67. The fraction of sp³-hybridized carbons (Fsp3) is 0.355. The Bertz CT molecular complexity index is 1490. The number of amides is 2. The predicted octanol–water partition coefficient (Wildman–Crippen LogP) is 6.45. The largest absolute Gasteiger partial charge is 0.494 e. The van der Waals surface area contributed by atoms with Crippen molar-refractivity contribution >= 4 is 50.7 Å². The Hall–Kier alpha value is -3.34. The molecule has 1 atom stereocenters. The van der Waals surface area contributed by atoms with E-state index in [1.54, 1.807) is 25.1 Å². The SMILES string of the molecule is CCCCNC(=O)[C@@H](CC)N(Cc1ccc(Cl)c(Cl)c1)C(=O)CN(c1ccc(F)cc1)S(=O)(=O)c1ccc(OCC)cc1. The van der Waals surface area contributed by atoms with Gasteiger partial charge in [-0.2, -0.15) is 0 Å². The van der Waals surface area contributed by atoms with E-state index in [9.17, 15) is 22.4 Å². The van der Waals surface area contributed by atoms with Crippen LogP contribution in [0.4, 0.5) is 10.1 Å². The van der Waals surface area contributed by atoms with Gasteiger partial charge in [0.05, 0.1) is 27.2 Å². The molecule has 0 unspecified atom stereocenters. The van der Waals surface area contributed by atoms with Crippen LogP contribution < -0.4 is 14.4 Å². The van der Waals surface area contributed by atoms with Crippen LogP contribution in [-0.4, -0.2) is 50.9 Å². The summed E-state index contributed by atoms with van der Waals surface area (Å²) in [7, 11) is -4.31. The fourth-order valence-electron chi connectivity index (χ4n) is 4.40. The second kappa shape index (κ2) is 15.9. The minimum atomic E-state index is -4.31. The van der Waals surface area contributed by atoms with Crippen LogP contribution in [-0.2, 0) is 26.2 Å². The molecule has 0 aliphatic carbocycles. The average Bonchev–Trinajstić information content (AvgIpc) is 2.98. The Morgan fingerprint density at radius 1 is 0.953 bits per heavy atom. The van der Waals surface area contributed by atoms with E-state index in [4.69, 9.17) is 27.9 Å². The normalized spacial score (nSPS) is 12.0. The molecule has 0 saturated carbocycles. The van der Waals surface area contributed by atoms with Gasteiger partial charge in [0, 0.05) is 13.1 Å². The van der Waals surface area contributed by atoms with E-state index in [1.165, 1.54) is 41.3 Å². The average molecular weight is 653 g/mol. The highest BCUT2D eigenvalue weighted by molar-refractivity contribution is 7.92. The summed E-state index contributed by atoms with van der Waals surface area (Å²) in [6, 6.07) is 14.6. The van der Waals surface area contributed by atoms with Crippen LogP contribution in [0.5, 0.6) is 5.75 Å². The first kappa shape index (κ1) is 34.2. The number of sulfonamides is 1. The number of halogens is 3. The second-order valence-electron chi connectivity index (χ2n) is 9.73. The highest BCUT2D eigenvalue weighted by Crippen LogP contribution is 2.28. The zero-order chi connectivity index (χ0) is 31.6. The van der Waals surface area contributed by atoms with E-state index in [0.717, 1.165) is 29.3 Å². The molecule has 3 aromatic rings. The molecule has 3 aromatic carbocycles. The summed E-state index contributed by atoms with van der Waals surface area (Å²) in [5.41, 5.74) is 0.684. The van der Waals surface area contributed by atoms with Crippen molar-refractivity contribution in [3.8, 4) is 5.75 Å². The Balaban J connectivity index is 2.04. The molecule has 43 heavy (non-hydrogen) atoms. The molecule has 0 aliphatic rings. The number of carbonyl (C=O) groups excluding carboxylic acids is 2. The van der Waals surface area contributed by atoms with Crippen molar-refractivity contribution in [3.05, 3.63) is 88.2 Å². The van der Waals surface area contributed by atoms with Crippen molar-refractivity contribution in [3.63, 3.8) is 0 Å². The quantitative estimate of drug-likeness (QED) is 0.191. The van der Waals surface area contributed by atoms with Gasteiger partial charge in [-0.25, -0.2) is 12.8 Å². The van der Waals surface area contributed by atoms with Gasteiger partial charge in [-0.15, -0.1) is 0 Å². The summed E-state index contributed by atoms with van der Waals surface area (Å²) in [5.74, 6) is -1.07. The smallest absolute Gasteiger partial charge is 0.264 e. The van der Waals surface area contributed by atoms with Gasteiger partial charge in [0.25, 0.3) is 10.0 Å². The van der Waals surface area contributed by atoms with E-state index in [1.807, 2.05) is 13.8 Å². The standard InChI is InChI=1S/C31H36Cl2FN3O5S/c1-4-7-18-35-31(39)29(5-2)36(20-22-8-17-27(32)28(33)19-22)30(38)21-37(24-11-9-23(34)10-12-24)43(40,41)26-15-13-25(14-16-26)42-6-3/h8-17,19,29H,4-7,18,20-21H2,1-3H3,(H,35,39)/t29-/m1/s1. The van der Waals surface area contributed by atoms with Crippen molar-refractivity contribution in [2.75, 3.05) is 24.0 Å². The number of hydrogen-bond acceptors (Lipinski definition) is 5. The second-order valence-corrected chi connectivity index (χ2v) is 12.4. The van der Waals surface area contributed by atoms with Gasteiger partial charge in [0.15, 0.2) is 0 Å². The first-order chi connectivity index (χ1) is 20.5. The lowest BCUT2D eigenvalue weighted by Gasteiger charge is -2.33. The molecule has 2 amide bonds. The molecule has 12 heteroatoms. The van der Waals surface area contributed by atoms with Crippen LogP contribution in [0.15, 0.2) is 71.6 Å². The van der Waals surface area contributed by atoms with Crippen LogP contribution >= 0.6 is 23.2 Å². The molecule has 0 saturated heterocycles. The van der Waals surface area contributed by atoms with E-state index in [2.05, 4.69) is 5.32 Å². The third-order valence-corrected chi connectivity index (χ3v) is 9.20. The molecule has 0 aliphatic heterocycles. The van der Waals surface area contributed by atoms with Gasteiger partial charge in [-0.1, -0.05) is 49.5 Å². The van der Waals surface area contributed by atoms with E-state index < -0.39 is 34.3 Å². The molecule has 0 bridgehead atoms. The molecule has 1 N–H and O–H groups in total. The topological polar surface area (TPSA) is 96.0 Å². The minimum absolute atomic E-state index is 0.0320. The molecular weight excluding hydrogens is 616 g/mol. The minimum Gasteiger partial charge on any atom is -0.494 e. The summed E-state index contributed by atoms with van der Waals surface area (Å²) in [6.07, 6.45) is 1.91. The molecule has 8 nitrogen and oxygen atoms in total. The monoisotopic (exact) mass is 651 g/mol. The maximum atomic E-state index is 14.1. The van der Waals surface area contributed by atoms with Crippen molar-refractivity contribution in [1.82, 2.24) is 10.2 Å². The first-order valence-corrected chi connectivity index (χ1v) is 16.2. The molecule has 0 radical (unpaired) electrons. The van der Waals surface area contributed by atoms with Gasteiger partial charge in [0.2, 0.25) is 11.8 Å². The molecule has 232 valence electrons. The van der Waals surface area contributed by atoms with Gasteiger partial charge in [-0.3, -0.25) is 13.9 Å². The molecule has 0 heterocycles. The summed E-state index contributed by atoms with van der Waals surface area (Å²) < 4.78 is 48.1. The fourth-order valence-corrected chi connectivity index (χ4v) is 6.13. The van der Waals surface area contributed by atoms with Gasteiger partial charge in [-0.05, 0) is 86.0 Å². The van der Waals surface area contributed by atoms with Crippen molar-refractivity contribution < 1.29 is 27.1 Å². The number of nitrogens with one attached hydrogen (secondary N) is 1. The van der Waals surface area contributed by atoms with Gasteiger partial charge in [0.1, 0.15) is 24.2 Å². The molecule has 0 aromatic heterocycles. The number of nitrogens with zero attached hydrogens (tertiary/aromatic N) is 2. The molecular formula is C31H36Cl2FN3O5S. The predicted molar refractivity (Wildman–Crippen MR) is 168 cm³/mol. The van der Waals surface area contributed by atoms with Crippen LogP contribution in [0.1, 0.15) is 45.6 Å². The number of anilines is 1. The van der Waals surface area contributed by atoms with E-state index in [-0.39, 0.29) is 34.5 Å². The Morgan fingerprint density at radius 2 is 1.63 bits per heavy atom. The van der Waals surface area contributed by atoms with Crippen LogP contribution in [0.2, 0.25) is 10.0 Å². The molecule has 3 rings (SSSR count). The van der Waals surface area contributed by atoms with Crippen LogP contribution in [0.3, 0.4) is 0 Å². The Labute approximate surface area is 262 Å². The number of carbonyl (C=O) groups is 2. The molecule has 0 fully saturated rings. The van der Waals surface area contributed by atoms with E-state index >= 15 is 0 Å². The Kier molecular flexibility index (Phi) is 12.7. The van der Waals surface area contributed by atoms with Crippen molar-refractivity contribution in [2.24, 2.45) is 0 Å². The number of hydrogen-bond donors (Lipinski definition) is 1. The lowest BCUT2D eigenvalue weighted by molar-refractivity contribution is -0.140. The number of benzene rings is 3. The summed E-state index contributed by atoms with van der Waals surface area (Å²) in [5, 5.41) is 3.48. The van der Waals surface area contributed by atoms with E-state index in [0.29, 0.717) is 29.5 Å². The summed E-state index contributed by atoms with van der Waals surface area (Å²) >= 11 is 12.3. The zero-order valence-electron chi connectivity index (χ0n) is 24.4. The number of rotatable bonds is 15. The maximum Gasteiger partial charge on any atom is 0.264 e. The lowest BCUT2D eigenvalue weighted by Crippen LogP contribution is -2.52. The van der Waals surface area contributed by atoms with Crippen molar-refractivity contribution in [2.45, 2.75) is 57.5 Å². The molecule has 0 spiro atoms. The lowest BCUT2D eigenvalue weighted by atomic mass is 10.1. The summed E-state index contributed by atoms with van der Waals surface area (Å²) in [4.78, 5) is 28.6. The summed E-state index contributed by atoms with van der Waals surface area (Å²) in [6.45, 7) is 5.74. The first-order valence-electron chi connectivity index (χ1n) is 14.0.